The number of nitrogens with one attached hydrogen (secondary N) is 2. The Morgan fingerprint density at radius 3 is 2.68 bits per heavy atom. The molecule has 0 spiro atoms. The number of hydrogen-bond acceptors (Lipinski definition) is 3. The van der Waals surface area contributed by atoms with Crippen LogP contribution in [0.1, 0.15) is 6.42 Å². The molecule has 0 aliphatic carbocycles. The maximum Gasteiger partial charge on any atom is 0.332 e. The molecule has 104 valence electrons. The number of aliphatic hydroxyl groups is 1. The van der Waals surface area contributed by atoms with Crippen molar-refractivity contribution in [1.29, 1.82) is 0 Å². The van der Waals surface area contributed by atoms with Gasteiger partial charge in [-0.25, -0.2) is 9.59 Å². The highest BCUT2D eigenvalue weighted by molar-refractivity contribution is 9.10. The van der Waals surface area contributed by atoms with Crippen molar-refractivity contribution in [3.05, 3.63) is 27.7 Å². The van der Waals surface area contributed by atoms with Gasteiger partial charge in [0.1, 0.15) is 0 Å². The molecule has 0 saturated heterocycles. The number of rotatable bonds is 5. The van der Waals surface area contributed by atoms with Crippen LogP contribution >= 0.6 is 27.5 Å². The standard InChI is InChI=1S/C11H12BrClN2O4/c12-6-1-2-8(7(13)5-6)15-11(19)14-4-3-9(16)10(17)18/h1-2,5,9,16H,3-4H2,(H,17,18)(H2,14,15,19). The molecule has 0 saturated carbocycles. The number of halogens is 2. The molecule has 1 aromatic carbocycles. The number of carboxylic acids is 1. The molecular formula is C11H12BrClN2O4. The van der Waals surface area contributed by atoms with E-state index < -0.39 is 18.1 Å². The minimum atomic E-state index is -1.49. The average Bonchev–Trinajstić information content (AvgIpc) is 2.32. The van der Waals surface area contributed by atoms with Gasteiger partial charge in [-0.1, -0.05) is 27.5 Å². The van der Waals surface area contributed by atoms with Crippen molar-refractivity contribution in [2.75, 3.05) is 11.9 Å². The number of aliphatic carboxylic acids is 1. The Hall–Kier alpha value is -1.31. The van der Waals surface area contributed by atoms with E-state index in [2.05, 4.69) is 26.6 Å². The number of benzene rings is 1. The zero-order valence-corrected chi connectivity index (χ0v) is 12.0. The largest absolute Gasteiger partial charge is 0.479 e. The van der Waals surface area contributed by atoms with Crippen LogP contribution in [0.25, 0.3) is 0 Å². The Balaban J connectivity index is 2.41. The lowest BCUT2D eigenvalue weighted by Gasteiger charge is -2.10. The highest BCUT2D eigenvalue weighted by atomic mass is 79.9. The minimum Gasteiger partial charge on any atom is -0.479 e. The molecule has 1 rings (SSSR count). The summed E-state index contributed by atoms with van der Waals surface area (Å²) in [4.78, 5) is 21.8. The Bertz CT molecular complexity index is 484. The smallest absolute Gasteiger partial charge is 0.332 e. The van der Waals surface area contributed by atoms with Crippen molar-refractivity contribution < 1.29 is 19.8 Å². The van der Waals surface area contributed by atoms with E-state index in [1.165, 1.54) is 0 Å². The van der Waals surface area contributed by atoms with Gasteiger partial charge in [-0.05, 0) is 18.2 Å². The van der Waals surface area contributed by atoms with Gasteiger partial charge in [0.25, 0.3) is 0 Å². The third-order valence-electron chi connectivity index (χ3n) is 2.17. The van der Waals surface area contributed by atoms with E-state index in [1.54, 1.807) is 18.2 Å². The van der Waals surface area contributed by atoms with E-state index in [4.69, 9.17) is 21.8 Å². The Kier molecular flexibility index (Phi) is 6.07. The number of carbonyl (C=O) groups excluding carboxylic acids is 1. The van der Waals surface area contributed by atoms with Crippen LogP contribution in [0.4, 0.5) is 10.5 Å². The van der Waals surface area contributed by atoms with Gasteiger partial charge in [0.15, 0.2) is 6.10 Å². The summed E-state index contributed by atoms with van der Waals surface area (Å²) in [5.74, 6) is -1.32. The molecule has 1 aromatic rings. The molecule has 6 nitrogen and oxygen atoms in total. The highest BCUT2D eigenvalue weighted by Gasteiger charge is 2.13. The van der Waals surface area contributed by atoms with Crippen LogP contribution in [0, 0.1) is 0 Å². The van der Waals surface area contributed by atoms with Crippen LogP contribution < -0.4 is 10.6 Å². The summed E-state index contributed by atoms with van der Waals surface area (Å²) >= 11 is 9.15. The van der Waals surface area contributed by atoms with E-state index >= 15 is 0 Å². The number of hydrogen-bond donors (Lipinski definition) is 4. The molecule has 0 radical (unpaired) electrons. The quantitative estimate of drug-likeness (QED) is 0.652. The first kappa shape index (κ1) is 15.7. The molecule has 0 aliphatic heterocycles. The number of urea groups is 1. The summed E-state index contributed by atoms with van der Waals surface area (Å²) in [7, 11) is 0. The van der Waals surface area contributed by atoms with Gasteiger partial charge in [-0.15, -0.1) is 0 Å². The number of anilines is 1. The van der Waals surface area contributed by atoms with Crippen LogP contribution in [0.5, 0.6) is 0 Å². The molecule has 0 bridgehead atoms. The lowest BCUT2D eigenvalue weighted by Crippen LogP contribution is -2.33. The lowest BCUT2D eigenvalue weighted by atomic mass is 10.2. The molecule has 2 amide bonds. The summed E-state index contributed by atoms with van der Waals surface area (Å²) in [6.45, 7) is 0.0352. The highest BCUT2D eigenvalue weighted by Crippen LogP contribution is 2.25. The van der Waals surface area contributed by atoms with Crippen molar-refractivity contribution in [2.45, 2.75) is 12.5 Å². The van der Waals surface area contributed by atoms with Crippen molar-refractivity contribution in [3.8, 4) is 0 Å². The fourth-order valence-electron chi connectivity index (χ4n) is 1.20. The molecule has 0 fully saturated rings. The first-order chi connectivity index (χ1) is 8.90. The first-order valence-corrected chi connectivity index (χ1v) is 6.48. The van der Waals surface area contributed by atoms with Crippen molar-refractivity contribution in [3.63, 3.8) is 0 Å². The number of amides is 2. The average molecular weight is 352 g/mol. The summed E-state index contributed by atoms with van der Waals surface area (Å²) in [6.07, 6.45) is -1.56. The van der Waals surface area contributed by atoms with Gasteiger partial charge < -0.3 is 20.8 Å². The van der Waals surface area contributed by atoms with E-state index in [9.17, 15) is 9.59 Å². The van der Waals surface area contributed by atoms with Crippen LogP contribution in [0.3, 0.4) is 0 Å². The zero-order chi connectivity index (χ0) is 14.4. The minimum absolute atomic E-state index is 0.0352. The van der Waals surface area contributed by atoms with Gasteiger partial charge in [0.05, 0.1) is 10.7 Å². The normalized spacial score (nSPS) is 11.7. The maximum atomic E-state index is 11.5. The predicted molar refractivity (Wildman–Crippen MR) is 74.4 cm³/mol. The number of carbonyl (C=O) groups is 2. The van der Waals surface area contributed by atoms with E-state index in [1.807, 2.05) is 0 Å². The second-order valence-corrected chi connectivity index (χ2v) is 4.97. The molecule has 0 heterocycles. The van der Waals surface area contributed by atoms with Crippen molar-refractivity contribution in [1.82, 2.24) is 5.32 Å². The van der Waals surface area contributed by atoms with Gasteiger partial charge >= 0.3 is 12.0 Å². The first-order valence-electron chi connectivity index (χ1n) is 5.31. The Labute approximate surface area is 122 Å². The monoisotopic (exact) mass is 350 g/mol. The van der Waals surface area contributed by atoms with Crippen LogP contribution in [-0.2, 0) is 4.79 Å². The molecule has 19 heavy (non-hydrogen) atoms. The van der Waals surface area contributed by atoms with Crippen LogP contribution in [0.2, 0.25) is 5.02 Å². The number of aliphatic hydroxyl groups excluding tert-OH is 1. The Morgan fingerprint density at radius 2 is 2.11 bits per heavy atom. The van der Waals surface area contributed by atoms with Gasteiger partial charge in [-0.2, -0.15) is 0 Å². The molecule has 1 unspecified atom stereocenters. The second-order valence-electron chi connectivity index (χ2n) is 3.65. The van der Waals surface area contributed by atoms with Crippen LogP contribution in [0.15, 0.2) is 22.7 Å². The second kappa shape index (κ2) is 7.32. The van der Waals surface area contributed by atoms with E-state index in [0.29, 0.717) is 10.7 Å². The lowest BCUT2D eigenvalue weighted by molar-refractivity contribution is -0.146. The molecule has 1 atom stereocenters. The van der Waals surface area contributed by atoms with Crippen molar-refractivity contribution in [2.24, 2.45) is 0 Å². The SMILES string of the molecule is O=C(NCCC(O)C(=O)O)Nc1ccc(Br)cc1Cl. The van der Waals surface area contributed by atoms with Crippen LogP contribution in [-0.4, -0.2) is 34.9 Å². The molecular weight excluding hydrogens is 339 g/mol. The topological polar surface area (TPSA) is 98.7 Å². The zero-order valence-electron chi connectivity index (χ0n) is 9.69. The third kappa shape index (κ3) is 5.46. The van der Waals surface area contributed by atoms with Gasteiger partial charge in [0, 0.05) is 17.4 Å². The van der Waals surface area contributed by atoms with E-state index in [0.717, 1.165) is 4.47 Å². The van der Waals surface area contributed by atoms with Gasteiger partial charge in [0.2, 0.25) is 0 Å². The fourth-order valence-corrected chi connectivity index (χ4v) is 1.92. The predicted octanol–water partition coefficient (Wildman–Crippen LogP) is 2.06. The fraction of sp³-hybridized carbons (Fsp3) is 0.273. The Morgan fingerprint density at radius 1 is 1.42 bits per heavy atom. The summed E-state index contributed by atoms with van der Waals surface area (Å²) in [6, 6.07) is 4.45. The third-order valence-corrected chi connectivity index (χ3v) is 2.97. The molecule has 0 aliphatic rings. The molecule has 4 N–H and O–H groups in total. The molecule has 8 heteroatoms. The number of carboxylic acid groups (broad SMARTS) is 1. The van der Waals surface area contributed by atoms with E-state index in [-0.39, 0.29) is 13.0 Å². The maximum absolute atomic E-state index is 11.5. The molecule has 0 aromatic heterocycles. The van der Waals surface area contributed by atoms with Gasteiger partial charge in [-0.3, -0.25) is 0 Å². The summed E-state index contributed by atoms with van der Waals surface area (Å²) in [5, 5.41) is 22.7. The summed E-state index contributed by atoms with van der Waals surface area (Å²) < 4.78 is 0.785. The summed E-state index contributed by atoms with van der Waals surface area (Å²) in [5.41, 5.74) is 0.432. The van der Waals surface area contributed by atoms with Crippen molar-refractivity contribution >= 4 is 45.2 Å².